The molecule has 0 radical (unpaired) electrons. The van der Waals surface area contributed by atoms with Crippen LogP contribution in [0.5, 0.6) is 0 Å². The smallest absolute Gasteiger partial charge is 0.0477 e. The molecule has 0 bridgehead atoms. The van der Waals surface area contributed by atoms with Crippen molar-refractivity contribution in [3.8, 4) is 0 Å². The van der Waals surface area contributed by atoms with Crippen LogP contribution in [-0.4, -0.2) is 4.57 Å². The van der Waals surface area contributed by atoms with Crippen LogP contribution in [0.2, 0.25) is 0 Å². The van der Waals surface area contributed by atoms with Crippen LogP contribution in [0.1, 0.15) is 5.56 Å². The Bertz CT molecular complexity index is 403. The van der Waals surface area contributed by atoms with Gasteiger partial charge in [-0.25, -0.2) is 0 Å². The van der Waals surface area contributed by atoms with E-state index in [4.69, 9.17) is 0 Å². The fourth-order valence-corrected chi connectivity index (χ4v) is 1.76. The third-order valence-electron chi connectivity index (χ3n) is 2.10. The molecule has 1 aromatic carbocycles. The van der Waals surface area contributed by atoms with Gasteiger partial charge < -0.3 is 4.57 Å². The summed E-state index contributed by atoms with van der Waals surface area (Å²) in [6, 6.07) is 8.66. The first-order valence-electron chi connectivity index (χ1n) is 3.91. The van der Waals surface area contributed by atoms with Gasteiger partial charge in [-0.3, -0.25) is 0 Å². The number of aryl methyl sites for hydroxylation is 1. The summed E-state index contributed by atoms with van der Waals surface area (Å²) in [5, 5.41) is 2.24. The lowest BCUT2D eigenvalue weighted by Gasteiger charge is -1.97. The number of nitrogens with zero attached hydrogens (tertiary/aromatic N) is 1. The van der Waals surface area contributed by atoms with Gasteiger partial charge in [0.1, 0.15) is 0 Å². The lowest BCUT2D eigenvalue weighted by Crippen LogP contribution is -1.83. The van der Waals surface area contributed by atoms with Crippen LogP contribution >= 0.6 is 15.9 Å². The molecule has 12 heavy (non-hydrogen) atoms. The van der Waals surface area contributed by atoms with E-state index in [0.29, 0.717) is 0 Å². The summed E-state index contributed by atoms with van der Waals surface area (Å²) in [6.45, 7) is 0. The molecule has 0 atom stereocenters. The monoisotopic (exact) mass is 223 g/mol. The van der Waals surface area contributed by atoms with Gasteiger partial charge in [-0.1, -0.05) is 22.0 Å². The van der Waals surface area contributed by atoms with Gasteiger partial charge >= 0.3 is 0 Å². The Labute approximate surface area is 80.1 Å². The first kappa shape index (κ1) is 7.87. The zero-order valence-corrected chi connectivity index (χ0v) is 8.51. The van der Waals surface area contributed by atoms with E-state index in [0.717, 1.165) is 5.33 Å². The molecule has 62 valence electrons. The van der Waals surface area contributed by atoms with Crippen molar-refractivity contribution in [2.24, 2.45) is 7.05 Å². The molecule has 0 saturated heterocycles. The van der Waals surface area contributed by atoms with E-state index in [1.165, 1.54) is 16.5 Å². The van der Waals surface area contributed by atoms with Crippen LogP contribution < -0.4 is 0 Å². The number of hydrogen-bond donors (Lipinski definition) is 0. The highest BCUT2D eigenvalue weighted by atomic mass is 79.9. The van der Waals surface area contributed by atoms with Crippen LogP contribution in [0.15, 0.2) is 30.5 Å². The molecule has 2 heteroatoms. The minimum Gasteiger partial charge on any atom is -0.351 e. The summed E-state index contributed by atoms with van der Waals surface area (Å²) in [4.78, 5) is 0. The van der Waals surface area contributed by atoms with Crippen molar-refractivity contribution >= 4 is 26.8 Å². The van der Waals surface area contributed by atoms with Crippen LogP contribution in [0.25, 0.3) is 10.9 Å². The maximum Gasteiger partial charge on any atom is 0.0477 e. The summed E-state index contributed by atoms with van der Waals surface area (Å²) < 4.78 is 2.13. The van der Waals surface area contributed by atoms with E-state index in [1.807, 2.05) is 0 Å². The molecule has 2 aromatic rings. The highest BCUT2D eigenvalue weighted by Gasteiger charge is 1.97. The predicted octanol–water partition coefficient (Wildman–Crippen LogP) is 3.07. The first-order chi connectivity index (χ1) is 5.81. The average molecular weight is 224 g/mol. The largest absolute Gasteiger partial charge is 0.351 e. The van der Waals surface area contributed by atoms with Crippen molar-refractivity contribution in [3.05, 3.63) is 36.0 Å². The minimum atomic E-state index is 0.928. The topological polar surface area (TPSA) is 4.93 Å². The Morgan fingerprint density at radius 3 is 2.92 bits per heavy atom. The maximum atomic E-state index is 3.44. The molecule has 1 heterocycles. The summed E-state index contributed by atoms with van der Waals surface area (Å²) in [5.74, 6) is 0. The third-order valence-corrected chi connectivity index (χ3v) is 2.75. The Kier molecular flexibility index (Phi) is 1.93. The van der Waals surface area contributed by atoms with Crippen LogP contribution in [-0.2, 0) is 12.4 Å². The average Bonchev–Trinajstić information content (AvgIpc) is 2.47. The quantitative estimate of drug-likeness (QED) is 0.656. The van der Waals surface area contributed by atoms with E-state index in [2.05, 4.69) is 58.0 Å². The SMILES string of the molecule is Cn1ccc2cc(CBr)ccc21. The second-order valence-electron chi connectivity index (χ2n) is 2.95. The summed E-state index contributed by atoms with van der Waals surface area (Å²) >= 11 is 3.44. The number of benzene rings is 1. The van der Waals surface area contributed by atoms with E-state index in [9.17, 15) is 0 Å². The van der Waals surface area contributed by atoms with Crippen molar-refractivity contribution in [3.63, 3.8) is 0 Å². The molecular weight excluding hydrogens is 214 g/mol. The van der Waals surface area contributed by atoms with Gasteiger partial charge in [0.2, 0.25) is 0 Å². The summed E-state index contributed by atoms with van der Waals surface area (Å²) in [6.07, 6.45) is 2.09. The van der Waals surface area contributed by atoms with Crippen molar-refractivity contribution in [1.82, 2.24) is 4.57 Å². The summed E-state index contributed by atoms with van der Waals surface area (Å²) in [7, 11) is 2.07. The van der Waals surface area contributed by atoms with Crippen molar-refractivity contribution in [1.29, 1.82) is 0 Å². The highest BCUT2D eigenvalue weighted by molar-refractivity contribution is 9.08. The molecule has 2 rings (SSSR count). The van der Waals surface area contributed by atoms with Crippen molar-refractivity contribution < 1.29 is 0 Å². The molecule has 0 saturated carbocycles. The fourth-order valence-electron chi connectivity index (χ4n) is 1.41. The Balaban J connectivity index is 2.69. The zero-order chi connectivity index (χ0) is 8.55. The molecule has 0 aliphatic carbocycles. The molecule has 0 aliphatic rings. The van der Waals surface area contributed by atoms with Gasteiger partial charge in [0, 0.05) is 24.1 Å². The zero-order valence-electron chi connectivity index (χ0n) is 6.92. The second kappa shape index (κ2) is 2.94. The van der Waals surface area contributed by atoms with Gasteiger partial charge in [-0.05, 0) is 29.1 Å². The molecular formula is C10H10BrN. The Morgan fingerprint density at radius 2 is 2.17 bits per heavy atom. The molecule has 1 aromatic heterocycles. The highest BCUT2D eigenvalue weighted by Crippen LogP contribution is 2.17. The number of halogens is 1. The number of aromatic nitrogens is 1. The van der Waals surface area contributed by atoms with Gasteiger partial charge in [0.15, 0.2) is 0 Å². The van der Waals surface area contributed by atoms with Crippen molar-refractivity contribution in [2.75, 3.05) is 0 Å². The first-order valence-corrected chi connectivity index (χ1v) is 5.03. The number of hydrogen-bond acceptors (Lipinski definition) is 0. The molecule has 0 spiro atoms. The third kappa shape index (κ3) is 1.16. The van der Waals surface area contributed by atoms with E-state index in [-0.39, 0.29) is 0 Å². The summed E-state index contributed by atoms with van der Waals surface area (Å²) in [5.41, 5.74) is 2.62. The molecule has 0 aliphatic heterocycles. The molecule has 0 N–H and O–H groups in total. The standard InChI is InChI=1S/C10H10BrN/c1-12-5-4-9-6-8(7-11)2-3-10(9)12/h2-6H,7H2,1H3. The Hall–Kier alpha value is -0.760. The molecule has 0 fully saturated rings. The van der Waals surface area contributed by atoms with Crippen LogP contribution in [0.4, 0.5) is 0 Å². The van der Waals surface area contributed by atoms with Gasteiger partial charge in [-0.15, -0.1) is 0 Å². The Morgan fingerprint density at radius 1 is 1.33 bits per heavy atom. The van der Waals surface area contributed by atoms with Gasteiger partial charge in [-0.2, -0.15) is 0 Å². The number of alkyl halides is 1. The van der Waals surface area contributed by atoms with E-state index < -0.39 is 0 Å². The van der Waals surface area contributed by atoms with E-state index in [1.54, 1.807) is 0 Å². The van der Waals surface area contributed by atoms with Crippen LogP contribution in [0.3, 0.4) is 0 Å². The van der Waals surface area contributed by atoms with Crippen molar-refractivity contribution in [2.45, 2.75) is 5.33 Å². The molecule has 0 amide bonds. The lowest BCUT2D eigenvalue weighted by molar-refractivity contribution is 0.969. The van der Waals surface area contributed by atoms with Crippen LogP contribution in [0, 0.1) is 0 Å². The second-order valence-corrected chi connectivity index (χ2v) is 3.51. The van der Waals surface area contributed by atoms with Gasteiger partial charge in [0.25, 0.3) is 0 Å². The van der Waals surface area contributed by atoms with E-state index >= 15 is 0 Å². The normalized spacial score (nSPS) is 10.8. The molecule has 1 nitrogen and oxygen atoms in total. The maximum absolute atomic E-state index is 3.44. The minimum absolute atomic E-state index is 0.928. The number of fused-ring (bicyclic) bond motifs is 1. The number of rotatable bonds is 1. The van der Waals surface area contributed by atoms with Gasteiger partial charge in [0.05, 0.1) is 0 Å². The predicted molar refractivity (Wildman–Crippen MR) is 55.6 cm³/mol. The lowest BCUT2D eigenvalue weighted by atomic mass is 10.2. The molecule has 0 unspecified atom stereocenters. The fraction of sp³-hybridized carbons (Fsp3) is 0.200.